The highest BCUT2D eigenvalue weighted by Gasteiger charge is 2.36. The Morgan fingerprint density at radius 1 is 1.50 bits per heavy atom. The van der Waals surface area contributed by atoms with Crippen molar-refractivity contribution >= 4 is 6.03 Å². The van der Waals surface area contributed by atoms with Crippen molar-refractivity contribution in [3.8, 4) is 0 Å². The molecule has 1 aliphatic heterocycles. The van der Waals surface area contributed by atoms with E-state index in [2.05, 4.69) is 5.32 Å². The van der Waals surface area contributed by atoms with Gasteiger partial charge in [-0.15, -0.1) is 0 Å². The Bertz CT molecular complexity index is 536. The highest BCUT2D eigenvalue weighted by molar-refractivity contribution is 5.74. The van der Waals surface area contributed by atoms with Crippen LogP contribution in [0.15, 0.2) is 18.2 Å². The average Bonchev–Trinajstić information content (AvgIpc) is 2.53. The highest BCUT2D eigenvalue weighted by Crippen LogP contribution is 2.24. The number of carbonyl (C=O) groups is 1. The first-order valence-corrected chi connectivity index (χ1v) is 7.12. The summed E-state index contributed by atoms with van der Waals surface area (Å²) in [6.45, 7) is 0.626. The fourth-order valence-electron chi connectivity index (χ4n) is 2.58. The normalized spacial score (nSPS) is 21.7. The molecule has 2 rings (SSSR count). The largest absolute Gasteiger partial charge is 0.393 e. The van der Waals surface area contributed by atoms with Crippen LogP contribution < -0.4 is 5.32 Å². The van der Waals surface area contributed by atoms with Crippen LogP contribution in [0, 0.1) is 11.6 Å². The first-order chi connectivity index (χ1) is 10.5. The van der Waals surface area contributed by atoms with Crippen molar-refractivity contribution in [2.24, 2.45) is 0 Å². The van der Waals surface area contributed by atoms with Crippen molar-refractivity contribution in [2.75, 3.05) is 26.8 Å². The zero-order valence-corrected chi connectivity index (χ0v) is 12.4. The molecule has 0 saturated carbocycles. The molecule has 2 N–H and O–H groups in total. The lowest BCUT2D eigenvalue weighted by Gasteiger charge is -2.40. The fraction of sp³-hybridized carbons (Fsp3) is 0.533. The van der Waals surface area contributed by atoms with Crippen LogP contribution in [0.5, 0.6) is 0 Å². The summed E-state index contributed by atoms with van der Waals surface area (Å²) >= 11 is 0. The van der Waals surface area contributed by atoms with E-state index in [1.807, 2.05) is 0 Å². The molecular weight excluding hydrogens is 294 g/mol. The summed E-state index contributed by atoms with van der Waals surface area (Å²) in [7, 11) is 1.51. The quantitative estimate of drug-likeness (QED) is 0.888. The van der Waals surface area contributed by atoms with Crippen molar-refractivity contribution in [1.29, 1.82) is 0 Å². The van der Waals surface area contributed by atoms with E-state index in [4.69, 9.17) is 4.74 Å². The third kappa shape index (κ3) is 3.72. The van der Waals surface area contributed by atoms with Crippen LogP contribution >= 0.6 is 0 Å². The second-order valence-corrected chi connectivity index (χ2v) is 5.46. The van der Waals surface area contributed by atoms with E-state index in [9.17, 15) is 18.7 Å². The summed E-state index contributed by atoms with van der Waals surface area (Å²) in [5, 5.41) is 12.0. The van der Waals surface area contributed by atoms with Crippen LogP contribution in [0.25, 0.3) is 0 Å². The summed E-state index contributed by atoms with van der Waals surface area (Å²) in [5.74, 6) is -1.35. The molecule has 1 heterocycles. The number of piperidine rings is 1. The van der Waals surface area contributed by atoms with Crippen molar-refractivity contribution < 1.29 is 23.4 Å². The second kappa shape index (κ2) is 7.02. The van der Waals surface area contributed by atoms with Gasteiger partial charge in [0, 0.05) is 31.8 Å². The predicted octanol–water partition coefficient (Wildman–Crippen LogP) is 1.65. The molecule has 122 valence electrons. The van der Waals surface area contributed by atoms with E-state index < -0.39 is 17.2 Å². The van der Waals surface area contributed by atoms with Gasteiger partial charge in [-0.1, -0.05) is 6.07 Å². The summed E-state index contributed by atoms with van der Waals surface area (Å²) in [5.41, 5.74) is -0.525. The van der Waals surface area contributed by atoms with Crippen molar-refractivity contribution in [3.63, 3.8) is 0 Å². The number of nitrogens with one attached hydrogen (secondary N) is 1. The standard InChI is InChI=1S/C15H20F2N2O3/c1-22-15(10-20)5-2-6-19(9-15)14(21)18-8-11-3-4-12(16)7-13(11)17/h3-4,7,20H,2,5-6,8-10H2,1H3,(H,18,21). The molecule has 1 aromatic rings. The van der Waals surface area contributed by atoms with Crippen molar-refractivity contribution in [3.05, 3.63) is 35.4 Å². The molecule has 1 unspecified atom stereocenters. The number of carbonyl (C=O) groups excluding carboxylic acids is 1. The minimum Gasteiger partial charge on any atom is -0.393 e. The smallest absolute Gasteiger partial charge is 0.317 e. The van der Waals surface area contributed by atoms with Crippen LogP contribution in [0.3, 0.4) is 0 Å². The molecular formula is C15H20F2N2O3. The number of nitrogens with zero attached hydrogens (tertiary/aromatic N) is 1. The zero-order valence-electron chi connectivity index (χ0n) is 12.4. The van der Waals surface area contributed by atoms with Crippen molar-refractivity contribution in [1.82, 2.24) is 10.2 Å². The summed E-state index contributed by atoms with van der Waals surface area (Å²) in [4.78, 5) is 13.7. The van der Waals surface area contributed by atoms with Crippen LogP contribution in [0.1, 0.15) is 18.4 Å². The molecule has 7 heteroatoms. The monoisotopic (exact) mass is 314 g/mol. The Hall–Kier alpha value is -1.73. The zero-order chi connectivity index (χ0) is 16.2. The molecule has 1 fully saturated rings. The lowest BCUT2D eigenvalue weighted by molar-refractivity contribution is -0.0866. The van der Waals surface area contributed by atoms with E-state index in [0.29, 0.717) is 19.4 Å². The van der Waals surface area contributed by atoms with E-state index >= 15 is 0 Å². The number of benzene rings is 1. The number of ether oxygens (including phenoxy) is 1. The number of rotatable bonds is 4. The molecule has 1 aliphatic rings. The van der Waals surface area contributed by atoms with Gasteiger partial charge in [0.05, 0.1) is 13.2 Å². The minimum atomic E-state index is -0.739. The number of aliphatic hydroxyl groups excluding tert-OH is 1. The van der Waals surface area contributed by atoms with Crippen LogP contribution in [0.2, 0.25) is 0 Å². The Kier molecular flexibility index (Phi) is 5.31. The molecule has 1 saturated heterocycles. The first-order valence-electron chi connectivity index (χ1n) is 7.12. The number of amides is 2. The number of aliphatic hydroxyl groups is 1. The van der Waals surface area contributed by atoms with E-state index in [-0.39, 0.29) is 31.3 Å². The van der Waals surface area contributed by atoms with E-state index in [1.165, 1.54) is 18.1 Å². The Morgan fingerprint density at radius 3 is 2.91 bits per heavy atom. The van der Waals surface area contributed by atoms with Gasteiger partial charge in [0.25, 0.3) is 0 Å². The molecule has 5 nitrogen and oxygen atoms in total. The average molecular weight is 314 g/mol. The molecule has 1 aromatic carbocycles. The Balaban J connectivity index is 1.94. The number of hydrogen-bond donors (Lipinski definition) is 2. The number of halogens is 2. The van der Waals surface area contributed by atoms with Gasteiger partial charge in [0.2, 0.25) is 0 Å². The topological polar surface area (TPSA) is 61.8 Å². The minimum absolute atomic E-state index is 0.0272. The van der Waals surface area contributed by atoms with Gasteiger partial charge in [-0.2, -0.15) is 0 Å². The lowest BCUT2D eigenvalue weighted by Crippen LogP contribution is -2.55. The van der Waals surface area contributed by atoms with Gasteiger partial charge in [-0.3, -0.25) is 0 Å². The number of likely N-dealkylation sites (tertiary alicyclic amines) is 1. The van der Waals surface area contributed by atoms with Gasteiger partial charge in [0.1, 0.15) is 17.2 Å². The van der Waals surface area contributed by atoms with Gasteiger partial charge in [0.15, 0.2) is 0 Å². The molecule has 0 aliphatic carbocycles. The summed E-state index contributed by atoms with van der Waals surface area (Å²) in [6.07, 6.45) is 1.39. The van der Waals surface area contributed by atoms with Gasteiger partial charge >= 0.3 is 6.03 Å². The lowest BCUT2D eigenvalue weighted by atomic mass is 9.93. The molecule has 2 amide bonds. The second-order valence-electron chi connectivity index (χ2n) is 5.46. The third-order valence-electron chi connectivity index (χ3n) is 3.99. The van der Waals surface area contributed by atoms with Crippen LogP contribution in [0.4, 0.5) is 13.6 Å². The third-order valence-corrected chi connectivity index (χ3v) is 3.99. The molecule has 0 spiro atoms. The maximum atomic E-state index is 13.5. The van der Waals surface area contributed by atoms with E-state index in [0.717, 1.165) is 12.1 Å². The summed E-state index contributed by atoms with van der Waals surface area (Å²) < 4.78 is 31.7. The first kappa shape index (κ1) is 16.6. The Labute approximate surface area is 127 Å². The summed E-state index contributed by atoms with van der Waals surface area (Å²) in [6, 6.07) is 2.87. The SMILES string of the molecule is COC1(CO)CCCN(C(=O)NCc2ccc(F)cc2F)C1. The number of urea groups is 1. The van der Waals surface area contributed by atoms with Crippen LogP contribution in [-0.2, 0) is 11.3 Å². The fourth-order valence-corrected chi connectivity index (χ4v) is 2.58. The van der Waals surface area contributed by atoms with Gasteiger partial charge < -0.3 is 20.1 Å². The number of methoxy groups -OCH3 is 1. The molecule has 22 heavy (non-hydrogen) atoms. The maximum Gasteiger partial charge on any atom is 0.317 e. The Morgan fingerprint density at radius 2 is 2.27 bits per heavy atom. The molecule has 0 aromatic heterocycles. The van der Waals surface area contributed by atoms with E-state index in [1.54, 1.807) is 0 Å². The van der Waals surface area contributed by atoms with Gasteiger partial charge in [-0.05, 0) is 18.9 Å². The highest BCUT2D eigenvalue weighted by atomic mass is 19.1. The number of hydrogen-bond acceptors (Lipinski definition) is 3. The molecule has 0 radical (unpaired) electrons. The van der Waals surface area contributed by atoms with Gasteiger partial charge in [-0.25, -0.2) is 13.6 Å². The molecule has 0 bridgehead atoms. The molecule has 1 atom stereocenters. The predicted molar refractivity (Wildman–Crippen MR) is 76.2 cm³/mol. The van der Waals surface area contributed by atoms with Crippen LogP contribution in [-0.4, -0.2) is 48.4 Å². The van der Waals surface area contributed by atoms with Crippen molar-refractivity contribution in [2.45, 2.75) is 25.0 Å². The maximum absolute atomic E-state index is 13.5.